The number of hydrogen-bond acceptors (Lipinski definition) is 8. The fourth-order valence-electron chi connectivity index (χ4n) is 6.57. The van der Waals surface area contributed by atoms with Gasteiger partial charge in [-0.25, -0.2) is 8.78 Å². The molecule has 4 atom stereocenters. The summed E-state index contributed by atoms with van der Waals surface area (Å²) < 4.78 is 26.9. The highest BCUT2D eigenvalue weighted by Crippen LogP contribution is 2.24. The Balaban J connectivity index is 0.000000154. The van der Waals surface area contributed by atoms with Gasteiger partial charge >= 0.3 is 23.9 Å². The molecule has 15 nitrogen and oxygen atoms in total. The predicted octanol–water partition coefficient (Wildman–Crippen LogP) is 5.19. The normalized spacial score (nSPS) is 14.6. The largest absolute Gasteiger partial charge is 0.480 e. The highest BCUT2D eigenvalue weighted by atomic mass is 79.9. The summed E-state index contributed by atoms with van der Waals surface area (Å²) in [7, 11) is 0. The molecule has 0 spiro atoms. The number of carbonyl (C=O) groups is 4. The topological polar surface area (TPSA) is 287 Å². The monoisotopic (exact) mass is 903 g/mol. The zero-order valence-electron chi connectivity index (χ0n) is 32.4. The van der Waals surface area contributed by atoms with Crippen LogP contribution in [0.5, 0.6) is 0 Å². The van der Waals surface area contributed by atoms with E-state index in [1.54, 1.807) is 30.7 Å². The molecule has 8 rings (SSSR count). The van der Waals surface area contributed by atoms with E-state index in [1.165, 1.54) is 29.8 Å². The number of nitrogens with one attached hydrogen (secondary N) is 4. The van der Waals surface area contributed by atoms with Crippen LogP contribution in [0, 0.1) is 11.6 Å². The highest BCUT2D eigenvalue weighted by Gasteiger charge is 2.23. The smallest absolute Gasteiger partial charge is 0.321 e. The molecule has 1 aliphatic rings. The standard InChI is InChI=1S/C11H11BrN2O2.2C11H11FN2O2.C10H11NO2/c2*12-7-1-2-10-8(4-7)6(5-14-10)3-9(13)11(15)16;12-7-1-2-8-6(3-9(13)11(15)16)5-14-10(8)4-7;12-10(13)9-5-7-3-1-2-4-8(7)6-11-9/h3*1-2,4-5,9,14H,3,13H2,(H,15,16);1-4,9,11H,5-6H2,(H,12,13)/t;;;9-/m...0/s1. The van der Waals surface area contributed by atoms with E-state index < -0.39 is 48.0 Å². The van der Waals surface area contributed by atoms with E-state index >= 15 is 0 Å². The summed E-state index contributed by atoms with van der Waals surface area (Å²) in [5.41, 5.74) is 23.6. The van der Waals surface area contributed by atoms with Crippen LogP contribution in [0.15, 0.2) is 102 Å². The van der Waals surface area contributed by atoms with Gasteiger partial charge in [0.15, 0.2) is 0 Å². The number of carboxylic acid groups (broad SMARTS) is 4. The Kier molecular flexibility index (Phi) is 15.5. The Morgan fingerprint density at radius 3 is 1.61 bits per heavy atom. The Hall–Kier alpha value is -6.44. The molecule has 0 aliphatic carbocycles. The van der Waals surface area contributed by atoms with Gasteiger partial charge in [-0.15, -0.1) is 0 Å². The summed E-state index contributed by atoms with van der Waals surface area (Å²) in [5.74, 6) is -4.54. The maximum absolute atomic E-state index is 13.0. The molecule has 4 aromatic carbocycles. The average Bonchev–Trinajstić information content (AvgIpc) is 3.94. The zero-order chi connectivity index (χ0) is 44.4. The van der Waals surface area contributed by atoms with Crippen molar-refractivity contribution in [2.24, 2.45) is 17.2 Å². The van der Waals surface area contributed by atoms with Gasteiger partial charge in [0, 0.05) is 81.6 Å². The van der Waals surface area contributed by atoms with E-state index in [0.717, 1.165) is 43.0 Å². The van der Waals surface area contributed by atoms with E-state index in [2.05, 4.69) is 36.2 Å². The van der Waals surface area contributed by atoms with E-state index in [1.807, 2.05) is 42.5 Å². The lowest BCUT2D eigenvalue weighted by Crippen LogP contribution is -2.41. The van der Waals surface area contributed by atoms with Crippen LogP contribution in [-0.2, 0) is 51.4 Å². The van der Waals surface area contributed by atoms with Crippen molar-refractivity contribution in [3.63, 3.8) is 0 Å². The number of hydrogen-bond donors (Lipinski definition) is 11. The third kappa shape index (κ3) is 12.3. The number of aromatic amines is 3. The van der Waals surface area contributed by atoms with E-state index in [9.17, 15) is 28.0 Å². The van der Waals surface area contributed by atoms with Crippen molar-refractivity contribution in [3.05, 3.63) is 141 Å². The molecule has 4 heterocycles. The summed E-state index contributed by atoms with van der Waals surface area (Å²) in [6, 6.07) is 19.2. The van der Waals surface area contributed by atoms with Crippen LogP contribution in [0.25, 0.3) is 32.7 Å². The van der Waals surface area contributed by atoms with Crippen molar-refractivity contribution in [1.29, 1.82) is 0 Å². The number of fused-ring (bicyclic) bond motifs is 4. The van der Waals surface area contributed by atoms with Crippen LogP contribution in [0.4, 0.5) is 8.78 Å². The molecule has 0 bridgehead atoms. The number of carboxylic acids is 4. The summed E-state index contributed by atoms with van der Waals surface area (Å²) in [6.07, 6.45) is 6.44. The number of benzene rings is 4. The first-order chi connectivity index (χ1) is 29.0. The highest BCUT2D eigenvalue weighted by molar-refractivity contribution is 9.10. The minimum absolute atomic E-state index is 0.179. The molecule has 61 heavy (non-hydrogen) atoms. The van der Waals surface area contributed by atoms with Crippen LogP contribution in [0.2, 0.25) is 0 Å². The summed E-state index contributed by atoms with van der Waals surface area (Å²) in [5, 5.41) is 40.4. The van der Waals surface area contributed by atoms with Crippen molar-refractivity contribution >= 4 is 72.5 Å². The van der Waals surface area contributed by atoms with Gasteiger partial charge < -0.3 is 57.9 Å². The minimum Gasteiger partial charge on any atom is -0.480 e. The first-order valence-electron chi connectivity index (χ1n) is 18.7. The second-order valence-corrected chi connectivity index (χ2v) is 15.1. The Morgan fingerprint density at radius 2 is 1.07 bits per heavy atom. The van der Waals surface area contributed by atoms with E-state index in [4.69, 9.17) is 37.6 Å². The quantitative estimate of drug-likeness (QED) is 0.0846. The third-order valence-electron chi connectivity index (χ3n) is 9.84. The molecule has 0 saturated carbocycles. The van der Waals surface area contributed by atoms with Gasteiger partial charge in [0.1, 0.15) is 35.8 Å². The second kappa shape index (κ2) is 20.7. The molecular weight excluding hydrogens is 860 g/mol. The molecule has 0 radical (unpaired) electrons. The fraction of sp³-hybridized carbons (Fsp3) is 0.209. The minimum atomic E-state index is -1.06. The van der Waals surface area contributed by atoms with Crippen molar-refractivity contribution in [2.75, 3.05) is 0 Å². The number of H-pyrrole nitrogens is 3. The first kappa shape index (κ1) is 45.6. The van der Waals surface area contributed by atoms with Crippen LogP contribution in [-0.4, -0.2) is 83.4 Å². The first-order valence-corrected chi connectivity index (χ1v) is 19.5. The van der Waals surface area contributed by atoms with Gasteiger partial charge in [0.05, 0.1) is 0 Å². The Bertz CT molecular complexity index is 2570. The number of rotatable bonds is 10. The van der Waals surface area contributed by atoms with Gasteiger partial charge in [-0.2, -0.15) is 0 Å². The zero-order valence-corrected chi connectivity index (χ0v) is 34.0. The van der Waals surface area contributed by atoms with Crippen LogP contribution in [0.3, 0.4) is 0 Å². The Labute approximate surface area is 355 Å². The van der Waals surface area contributed by atoms with Gasteiger partial charge in [0.25, 0.3) is 0 Å². The summed E-state index contributed by atoms with van der Waals surface area (Å²) in [6.45, 7) is 0.660. The average molecular weight is 905 g/mol. The van der Waals surface area contributed by atoms with Crippen LogP contribution < -0.4 is 22.5 Å². The van der Waals surface area contributed by atoms with Gasteiger partial charge in [0.2, 0.25) is 0 Å². The molecule has 0 amide bonds. The lowest BCUT2D eigenvalue weighted by atomic mass is 9.96. The molecule has 3 unspecified atom stereocenters. The van der Waals surface area contributed by atoms with Crippen LogP contribution in [0.1, 0.15) is 27.8 Å². The number of nitrogens with two attached hydrogens (primary N) is 3. The maximum Gasteiger partial charge on any atom is 0.321 e. The molecule has 18 heteroatoms. The van der Waals surface area contributed by atoms with E-state index in [-0.39, 0.29) is 24.5 Å². The van der Waals surface area contributed by atoms with Gasteiger partial charge in [-0.05, 0) is 88.8 Å². The number of aromatic nitrogens is 3. The number of aliphatic carboxylic acids is 4. The predicted molar refractivity (Wildman–Crippen MR) is 229 cm³/mol. The maximum atomic E-state index is 13.0. The molecule has 0 saturated heterocycles. The van der Waals surface area contributed by atoms with Gasteiger partial charge in [-0.3, -0.25) is 19.2 Å². The van der Waals surface area contributed by atoms with Crippen LogP contribution >= 0.6 is 15.9 Å². The molecule has 7 aromatic rings. The molecule has 1 aliphatic heterocycles. The second-order valence-electron chi connectivity index (χ2n) is 14.2. The molecule has 0 fully saturated rings. The summed E-state index contributed by atoms with van der Waals surface area (Å²) in [4.78, 5) is 51.5. The van der Waals surface area contributed by atoms with Crippen molar-refractivity contribution < 1.29 is 48.4 Å². The van der Waals surface area contributed by atoms with Crippen molar-refractivity contribution in [3.8, 4) is 0 Å². The summed E-state index contributed by atoms with van der Waals surface area (Å²) >= 11 is 3.38. The Morgan fingerprint density at radius 1 is 0.607 bits per heavy atom. The molecule has 3 aromatic heterocycles. The number of halogens is 3. The molecule has 14 N–H and O–H groups in total. The lowest BCUT2D eigenvalue weighted by molar-refractivity contribution is -0.140. The van der Waals surface area contributed by atoms with Gasteiger partial charge in [-0.1, -0.05) is 40.2 Å². The van der Waals surface area contributed by atoms with E-state index in [0.29, 0.717) is 35.9 Å². The fourth-order valence-corrected chi connectivity index (χ4v) is 6.93. The SMILES string of the molecule is NC(Cc1c[nH]c2cc(F)ccc12)C(=O)O.NC(Cc1c[nH]c2ccc(Br)cc12)C(=O)O.NC(Cc1c[nH]c2ccc(F)cc12)C(=O)O.O=C(O)[C@@H]1Cc2ccccc2CN1. The van der Waals surface area contributed by atoms with Crippen molar-refractivity contribution in [2.45, 2.75) is 56.4 Å². The molecule has 320 valence electrons. The third-order valence-corrected chi connectivity index (χ3v) is 10.3. The van der Waals surface area contributed by atoms with Crippen molar-refractivity contribution in [1.82, 2.24) is 20.3 Å². The molecular formula is C43H44BrF2N7O8. The lowest BCUT2D eigenvalue weighted by Gasteiger charge is -2.22.